The van der Waals surface area contributed by atoms with Gasteiger partial charge in [0.15, 0.2) is 0 Å². The highest BCUT2D eigenvalue weighted by Gasteiger charge is 2.27. The van der Waals surface area contributed by atoms with Crippen LogP contribution in [0.5, 0.6) is 0 Å². The van der Waals surface area contributed by atoms with Crippen LogP contribution in [-0.2, 0) is 10.0 Å². The summed E-state index contributed by atoms with van der Waals surface area (Å²) >= 11 is 2.63. The highest BCUT2D eigenvalue weighted by Crippen LogP contribution is 2.37. The van der Waals surface area contributed by atoms with E-state index in [0.717, 1.165) is 32.0 Å². The fourth-order valence-electron chi connectivity index (χ4n) is 3.26. The van der Waals surface area contributed by atoms with E-state index in [0.29, 0.717) is 16.4 Å². The fourth-order valence-corrected chi connectivity index (χ4v) is 6.68. The number of anilines is 1. The third kappa shape index (κ3) is 3.48. The van der Waals surface area contributed by atoms with Crippen LogP contribution >= 0.6 is 22.7 Å². The van der Waals surface area contributed by atoms with E-state index in [9.17, 15) is 13.5 Å². The molecule has 0 bridgehead atoms. The summed E-state index contributed by atoms with van der Waals surface area (Å²) in [5.41, 5.74) is 3.22. The van der Waals surface area contributed by atoms with E-state index < -0.39 is 16.1 Å². The Kier molecular flexibility index (Phi) is 5.24. The van der Waals surface area contributed by atoms with Gasteiger partial charge in [0.05, 0.1) is 27.9 Å². The molecule has 3 heterocycles. The van der Waals surface area contributed by atoms with E-state index in [4.69, 9.17) is 0 Å². The molecule has 6 nitrogen and oxygen atoms in total. The van der Waals surface area contributed by atoms with Crippen LogP contribution in [0.1, 0.15) is 30.4 Å². The SMILES string of the molecule is CCN(c1ccc(C)c2cc(-c3ncc(C(C)O)s3)[nH]c12)S(=O)(=O)c1cccs1. The summed E-state index contributed by atoms with van der Waals surface area (Å²) in [7, 11) is -3.64. The molecule has 0 aliphatic heterocycles. The summed E-state index contributed by atoms with van der Waals surface area (Å²) in [5, 5.41) is 13.3. The minimum atomic E-state index is -3.64. The molecule has 0 aliphatic rings. The normalized spacial score (nSPS) is 13.1. The Morgan fingerprint density at radius 1 is 1.31 bits per heavy atom. The van der Waals surface area contributed by atoms with Gasteiger partial charge in [0.1, 0.15) is 9.22 Å². The first kappa shape index (κ1) is 20.1. The van der Waals surface area contributed by atoms with E-state index in [1.54, 1.807) is 30.6 Å². The maximum absolute atomic E-state index is 13.2. The van der Waals surface area contributed by atoms with Crippen molar-refractivity contribution in [2.75, 3.05) is 10.8 Å². The van der Waals surface area contributed by atoms with Gasteiger partial charge in [-0.15, -0.1) is 22.7 Å². The lowest BCUT2D eigenvalue weighted by Gasteiger charge is -2.23. The number of aromatic amines is 1. The highest BCUT2D eigenvalue weighted by molar-refractivity contribution is 7.94. The van der Waals surface area contributed by atoms with E-state index in [2.05, 4.69) is 9.97 Å². The second-order valence-electron chi connectivity index (χ2n) is 6.72. The van der Waals surface area contributed by atoms with E-state index >= 15 is 0 Å². The highest BCUT2D eigenvalue weighted by atomic mass is 32.2. The van der Waals surface area contributed by atoms with Crippen LogP contribution in [0.15, 0.2) is 46.1 Å². The number of aliphatic hydroxyl groups excluding tert-OH is 1. The summed E-state index contributed by atoms with van der Waals surface area (Å²) in [5.74, 6) is 0. The minimum absolute atomic E-state index is 0.316. The molecule has 9 heteroatoms. The van der Waals surface area contributed by atoms with Crippen molar-refractivity contribution < 1.29 is 13.5 Å². The number of benzene rings is 1. The number of aromatic nitrogens is 2. The molecule has 152 valence electrons. The zero-order chi connectivity index (χ0) is 20.8. The van der Waals surface area contributed by atoms with Crippen molar-refractivity contribution in [3.8, 4) is 10.7 Å². The molecule has 0 radical (unpaired) electrons. The van der Waals surface area contributed by atoms with Crippen molar-refractivity contribution in [1.29, 1.82) is 0 Å². The molecular formula is C20H21N3O3S3. The van der Waals surface area contributed by atoms with E-state index in [1.807, 2.05) is 32.0 Å². The molecule has 0 aliphatic carbocycles. The standard InChI is InChI=1S/C20H21N3O3S3/c1-4-23(29(25,26)18-6-5-9-27-18)16-8-7-12(2)14-10-15(22-19(14)16)20-21-11-17(28-20)13(3)24/h5-11,13,22,24H,4H2,1-3H3. The van der Waals surface area contributed by atoms with E-state index in [-0.39, 0.29) is 0 Å². The van der Waals surface area contributed by atoms with Gasteiger partial charge in [-0.3, -0.25) is 4.31 Å². The van der Waals surface area contributed by atoms with Crippen molar-refractivity contribution in [3.63, 3.8) is 0 Å². The van der Waals surface area contributed by atoms with Crippen LogP contribution in [0.25, 0.3) is 21.6 Å². The molecule has 4 rings (SSSR count). The Bertz CT molecular complexity index is 1250. The first-order chi connectivity index (χ1) is 13.8. The summed E-state index contributed by atoms with van der Waals surface area (Å²) in [4.78, 5) is 8.57. The molecule has 0 saturated heterocycles. The Morgan fingerprint density at radius 2 is 2.10 bits per heavy atom. The second-order valence-corrected chi connectivity index (χ2v) is 10.8. The molecule has 0 fully saturated rings. The molecule has 0 spiro atoms. The number of aryl methyl sites for hydroxylation is 1. The summed E-state index contributed by atoms with van der Waals surface area (Å²) < 4.78 is 28.1. The average molecular weight is 448 g/mol. The first-order valence-corrected chi connectivity index (χ1v) is 12.3. The number of nitrogens with zero attached hydrogens (tertiary/aromatic N) is 2. The molecule has 3 aromatic heterocycles. The fraction of sp³-hybridized carbons (Fsp3) is 0.250. The smallest absolute Gasteiger partial charge is 0.273 e. The summed E-state index contributed by atoms with van der Waals surface area (Å²) in [6.07, 6.45) is 1.10. The topological polar surface area (TPSA) is 86.3 Å². The van der Waals surface area contributed by atoms with Gasteiger partial charge in [-0.05, 0) is 49.9 Å². The van der Waals surface area contributed by atoms with Crippen molar-refractivity contribution in [2.45, 2.75) is 31.1 Å². The van der Waals surface area contributed by atoms with Gasteiger partial charge in [0, 0.05) is 18.1 Å². The lowest BCUT2D eigenvalue weighted by atomic mass is 10.1. The quantitative estimate of drug-likeness (QED) is 0.439. The Morgan fingerprint density at radius 3 is 2.72 bits per heavy atom. The maximum atomic E-state index is 13.2. The third-order valence-electron chi connectivity index (χ3n) is 4.75. The maximum Gasteiger partial charge on any atom is 0.273 e. The van der Waals surface area contributed by atoms with Crippen LogP contribution in [0.3, 0.4) is 0 Å². The molecule has 0 amide bonds. The lowest BCUT2D eigenvalue weighted by molar-refractivity contribution is 0.203. The zero-order valence-corrected chi connectivity index (χ0v) is 18.7. The molecular weight excluding hydrogens is 426 g/mol. The lowest BCUT2D eigenvalue weighted by Crippen LogP contribution is -2.30. The zero-order valence-electron chi connectivity index (χ0n) is 16.2. The van der Waals surface area contributed by atoms with Crippen LogP contribution in [0.4, 0.5) is 5.69 Å². The number of thiophene rings is 1. The number of H-pyrrole nitrogens is 1. The van der Waals surface area contributed by atoms with Crippen molar-refractivity contribution in [3.05, 3.63) is 52.3 Å². The van der Waals surface area contributed by atoms with Crippen LogP contribution in [-0.4, -0.2) is 30.0 Å². The van der Waals surface area contributed by atoms with Gasteiger partial charge in [-0.2, -0.15) is 0 Å². The van der Waals surface area contributed by atoms with Crippen molar-refractivity contribution in [1.82, 2.24) is 9.97 Å². The molecule has 0 saturated carbocycles. The van der Waals surface area contributed by atoms with Gasteiger partial charge in [0.25, 0.3) is 10.0 Å². The molecule has 29 heavy (non-hydrogen) atoms. The van der Waals surface area contributed by atoms with E-state index in [1.165, 1.54) is 27.0 Å². The number of hydrogen-bond acceptors (Lipinski definition) is 6. The van der Waals surface area contributed by atoms with Crippen LogP contribution in [0.2, 0.25) is 0 Å². The molecule has 1 unspecified atom stereocenters. The number of fused-ring (bicyclic) bond motifs is 1. The van der Waals surface area contributed by atoms with Gasteiger partial charge >= 0.3 is 0 Å². The second kappa shape index (κ2) is 7.56. The average Bonchev–Trinajstić information content (AvgIpc) is 3.43. The predicted molar refractivity (Wildman–Crippen MR) is 119 cm³/mol. The first-order valence-electron chi connectivity index (χ1n) is 9.15. The molecule has 2 N–H and O–H groups in total. The molecule has 4 aromatic rings. The Balaban J connectivity index is 1.87. The van der Waals surface area contributed by atoms with Crippen molar-refractivity contribution in [2.24, 2.45) is 0 Å². The summed E-state index contributed by atoms with van der Waals surface area (Å²) in [6, 6.07) is 9.14. The van der Waals surface area contributed by atoms with Crippen LogP contribution < -0.4 is 4.31 Å². The molecule has 1 atom stereocenters. The number of thiazole rings is 1. The Labute approximate surface area is 177 Å². The predicted octanol–water partition coefficient (Wildman–Crippen LogP) is 4.93. The van der Waals surface area contributed by atoms with Gasteiger partial charge in [-0.25, -0.2) is 13.4 Å². The van der Waals surface area contributed by atoms with Crippen molar-refractivity contribution >= 4 is 49.3 Å². The molecule has 1 aromatic carbocycles. The number of aliphatic hydroxyl groups is 1. The number of sulfonamides is 1. The minimum Gasteiger partial charge on any atom is -0.388 e. The number of hydrogen-bond donors (Lipinski definition) is 2. The number of rotatable bonds is 6. The summed E-state index contributed by atoms with van der Waals surface area (Å²) in [6.45, 7) is 5.85. The number of nitrogens with one attached hydrogen (secondary N) is 1. The van der Waals surface area contributed by atoms with Gasteiger partial charge in [-0.1, -0.05) is 12.1 Å². The third-order valence-corrected chi connectivity index (χ3v) is 9.21. The Hall–Kier alpha value is -2.20. The van der Waals surface area contributed by atoms with Gasteiger partial charge < -0.3 is 10.1 Å². The monoisotopic (exact) mass is 447 g/mol. The van der Waals surface area contributed by atoms with Gasteiger partial charge in [0.2, 0.25) is 0 Å². The largest absolute Gasteiger partial charge is 0.388 e. The van der Waals surface area contributed by atoms with Crippen LogP contribution in [0, 0.1) is 6.92 Å².